The molecule has 0 saturated heterocycles. The van der Waals surface area contributed by atoms with Gasteiger partial charge in [-0.2, -0.15) is 0 Å². The first-order valence-corrected chi connectivity index (χ1v) is 25.5. The molecule has 0 aromatic heterocycles. The van der Waals surface area contributed by atoms with E-state index in [1.807, 2.05) is 21.1 Å². The molecule has 56 heavy (non-hydrogen) atoms. The fourth-order valence-electron chi connectivity index (χ4n) is 7.25. The number of carbonyl (C=O) groups excluding carboxylic acids is 1. The van der Waals surface area contributed by atoms with E-state index in [0.29, 0.717) is 24.2 Å². The van der Waals surface area contributed by atoms with E-state index in [2.05, 4.69) is 19.2 Å². The molecule has 336 valence electrons. The number of unbranched alkanes of at least 4 members (excludes halogenated alkanes) is 30. The highest BCUT2D eigenvalue weighted by molar-refractivity contribution is 7.45. The summed E-state index contributed by atoms with van der Waals surface area (Å²) >= 11 is 0. The van der Waals surface area contributed by atoms with Gasteiger partial charge in [0.25, 0.3) is 7.82 Å². The molecule has 0 saturated carbocycles. The van der Waals surface area contributed by atoms with Gasteiger partial charge in [0, 0.05) is 20.2 Å². The van der Waals surface area contributed by atoms with Gasteiger partial charge < -0.3 is 33.4 Å². The van der Waals surface area contributed by atoms with Gasteiger partial charge in [0.1, 0.15) is 19.3 Å². The average Bonchev–Trinajstić information content (AvgIpc) is 3.15. The third kappa shape index (κ3) is 40.1. The van der Waals surface area contributed by atoms with Crippen LogP contribution in [0.4, 0.5) is 4.79 Å². The van der Waals surface area contributed by atoms with Crippen LogP contribution in [0.2, 0.25) is 0 Å². The molecule has 2 atom stereocenters. The monoisotopic (exact) mass is 818 g/mol. The van der Waals surface area contributed by atoms with Gasteiger partial charge in [0.2, 0.25) is 0 Å². The maximum absolute atomic E-state index is 12.9. The first kappa shape index (κ1) is 55.3. The van der Waals surface area contributed by atoms with E-state index in [4.69, 9.17) is 13.8 Å². The molecule has 0 heterocycles. The van der Waals surface area contributed by atoms with E-state index in [1.165, 1.54) is 173 Å². The number of hydrogen-bond acceptors (Lipinski definition) is 6. The van der Waals surface area contributed by atoms with E-state index in [-0.39, 0.29) is 25.8 Å². The Morgan fingerprint density at radius 2 is 0.946 bits per heavy atom. The lowest BCUT2D eigenvalue weighted by Gasteiger charge is -2.32. The number of urea groups is 1. The first-order chi connectivity index (χ1) is 27.0. The zero-order chi connectivity index (χ0) is 41.4. The van der Waals surface area contributed by atoms with Crippen molar-refractivity contribution in [2.45, 2.75) is 225 Å². The minimum Gasteiger partial charge on any atom is -0.756 e. The van der Waals surface area contributed by atoms with Gasteiger partial charge in [-0.1, -0.05) is 206 Å². The first-order valence-electron chi connectivity index (χ1n) is 24.0. The van der Waals surface area contributed by atoms with Crippen LogP contribution in [-0.4, -0.2) is 89.2 Å². The summed E-state index contributed by atoms with van der Waals surface area (Å²) in [7, 11) is 2.97. The Morgan fingerprint density at radius 1 is 0.589 bits per heavy atom. The van der Waals surface area contributed by atoms with Crippen molar-refractivity contribution in [1.29, 1.82) is 0 Å². The highest BCUT2D eigenvalue weighted by Crippen LogP contribution is 2.40. The highest BCUT2D eigenvalue weighted by Gasteiger charge is 2.24. The lowest BCUT2D eigenvalue weighted by molar-refractivity contribution is -0.870. The van der Waals surface area contributed by atoms with Gasteiger partial charge in [0.05, 0.1) is 34.3 Å². The van der Waals surface area contributed by atoms with E-state index >= 15 is 0 Å². The number of likely N-dealkylation sites (N-methyl/N-ethyl adjacent to an activating group) is 1. The second-order valence-electron chi connectivity index (χ2n) is 17.7. The summed E-state index contributed by atoms with van der Waals surface area (Å²) in [4.78, 5) is 27.4. The molecule has 0 aromatic rings. The molecule has 0 aliphatic rings. The molecule has 2 amide bonds. The zero-order valence-electron chi connectivity index (χ0n) is 38.2. The summed E-state index contributed by atoms with van der Waals surface area (Å²) in [6.45, 7) is 6.42. The average molecular weight is 818 g/mol. The van der Waals surface area contributed by atoms with E-state index in [0.717, 1.165) is 32.1 Å². The quantitative estimate of drug-likeness (QED) is 0.0373. The van der Waals surface area contributed by atoms with Gasteiger partial charge in [0.15, 0.2) is 0 Å². The molecule has 0 spiro atoms. The lowest BCUT2D eigenvalue weighted by Crippen LogP contribution is -2.45. The Bertz CT molecular complexity index is 889. The number of quaternary nitrogens is 1. The summed E-state index contributed by atoms with van der Waals surface area (Å²) in [6.07, 6.45) is 40.9. The van der Waals surface area contributed by atoms with Crippen LogP contribution in [0, 0.1) is 0 Å². The number of nitrogens with zero attached hydrogens (tertiary/aromatic N) is 2. The largest absolute Gasteiger partial charge is 0.756 e. The molecule has 0 aromatic carbocycles. The van der Waals surface area contributed by atoms with Crippen LogP contribution in [0.1, 0.15) is 219 Å². The number of rotatable bonds is 44. The summed E-state index contributed by atoms with van der Waals surface area (Å²) in [5.74, 6) is 0. The maximum Gasteiger partial charge on any atom is 0.317 e. The molecule has 10 heteroatoms. The van der Waals surface area contributed by atoms with Crippen LogP contribution < -0.4 is 10.2 Å². The molecular weight excluding hydrogens is 721 g/mol. The standard InChI is InChI=1S/C46H96N3O6P/c1-7-9-11-13-15-17-19-21-23-24-25-26-28-30-32-34-36-38-41-53-44-45(55-56(51,52)54-42-40-49(4,5)6)43-48(46(50)47-3)39-37-35-33-31-29-27-22-20-18-16-14-12-10-8-2/h45H,7-44H2,1-6H3,(H-,47,50,51,52). The van der Waals surface area contributed by atoms with Crippen molar-refractivity contribution < 1.29 is 32.5 Å². The number of ether oxygens (including phenoxy) is 1. The van der Waals surface area contributed by atoms with Gasteiger partial charge in [-0.05, 0) is 12.8 Å². The third-order valence-electron chi connectivity index (χ3n) is 10.9. The Morgan fingerprint density at radius 3 is 1.30 bits per heavy atom. The van der Waals surface area contributed by atoms with Crippen molar-refractivity contribution >= 4 is 13.9 Å². The van der Waals surface area contributed by atoms with E-state index in [9.17, 15) is 14.3 Å². The fraction of sp³-hybridized carbons (Fsp3) is 0.978. The smallest absolute Gasteiger partial charge is 0.317 e. The molecule has 0 rings (SSSR count). The molecule has 0 radical (unpaired) electrons. The highest BCUT2D eigenvalue weighted by atomic mass is 31.2. The summed E-state index contributed by atoms with van der Waals surface area (Å²) in [6, 6.07) is -0.233. The van der Waals surface area contributed by atoms with Gasteiger partial charge in [-0.25, -0.2) is 4.79 Å². The Kier molecular flexibility index (Phi) is 39.2. The van der Waals surface area contributed by atoms with Crippen molar-refractivity contribution in [1.82, 2.24) is 10.2 Å². The minimum atomic E-state index is -4.59. The molecule has 0 bridgehead atoms. The van der Waals surface area contributed by atoms with Crippen molar-refractivity contribution in [3.8, 4) is 0 Å². The molecule has 1 N–H and O–H groups in total. The fourth-order valence-corrected chi connectivity index (χ4v) is 8.11. The van der Waals surface area contributed by atoms with Crippen molar-refractivity contribution in [2.75, 3.05) is 67.6 Å². The number of hydrogen-bond donors (Lipinski definition) is 1. The van der Waals surface area contributed by atoms with Gasteiger partial charge >= 0.3 is 6.03 Å². The van der Waals surface area contributed by atoms with Crippen molar-refractivity contribution in [2.24, 2.45) is 0 Å². The Labute approximate surface area is 348 Å². The van der Waals surface area contributed by atoms with Crippen molar-refractivity contribution in [3.63, 3.8) is 0 Å². The molecule has 0 aliphatic carbocycles. The van der Waals surface area contributed by atoms with Crippen LogP contribution in [0.25, 0.3) is 0 Å². The van der Waals surface area contributed by atoms with Crippen LogP contribution in [0.3, 0.4) is 0 Å². The topological polar surface area (TPSA) is 100 Å². The normalized spacial score (nSPS) is 13.6. The minimum absolute atomic E-state index is 0.0371. The van der Waals surface area contributed by atoms with E-state index < -0.39 is 13.9 Å². The summed E-state index contributed by atoms with van der Waals surface area (Å²) in [5, 5.41) is 2.72. The van der Waals surface area contributed by atoms with E-state index in [1.54, 1.807) is 11.9 Å². The Balaban J connectivity index is 4.44. The number of amides is 2. The summed E-state index contributed by atoms with van der Waals surface area (Å²) in [5.41, 5.74) is 0. The summed E-state index contributed by atoms with van der Waals surface area (Å²) < 4.78 is 30.2. The molecule has 0 aliphatic heterocycles. The second kappa shape index (κ2) is 39.7. The number of phosphoric acid groups is 1. The maximum atomic E-state index is 12.9. The molecular formula is C46H96N3O6P. The third-order valence-corrected chi connectivity index (χ3v) is 12.0. The second-order valence-corrected chi connectivity index (χ2v) is 19.1. The predicted octanol–water partition coefficient (Wildman–Crippen LogP) is 12.7. The lowest BCUT2D eigenvalue weighted by atomic mass is 10.0. The molecule has 0 fully saturated rings. The number of phosphoric ester groups is 1. The molecule has 9 nitrogen and oxygen atoms in total. The SMILES string of the molecule is CCCCCCCCCCCCCCCCCCCCOCC(CN(CCCCCCCCCCCCCCCC)C(=O)NC)OP(=O)([O-])OCC[N+](C)(C)C. The zero-order valence-corrected chi connectivity index (χ0v) is 39.1. The predicted molar refractivity (Wildman–Crippen MR) is 237 cm³/mol. The number of carbonyl (C=O) groups is 1. The van der Waals surface area contributed by atoms with Crippen LogP contribution >= 0.6 is 7.82 Å². The van der Waals surface area contributed by atoms with Gasteiger partial charge in [-0.15, -0.1) is 0 Å². The van der Waals surface area contributed by atoms with Gasteiger partial charge in [-0.3, -0.25) is 4.57 Å². The molecule has 2 unspecified atom stereocenters. The van der Waals surface area contributed by atoms with Crippen LogP contribution in [0.15, 0.2) is 0 Å². The van der Waals surface area contributed by atoms with Crippen molar-refractivity contribution in [3.05, 3.63) is 0 Å². The number of nitrogens with one attached hydrogen (secondary N) is 1. The Hall–Kier alpha value is -0.700. The van der Waals surface area contributed by atoms with Crippen LogP contribution in [-0.2, 0) is 18.3 Å². The van der Waals surface area contributed by atoms with Crippen LogP contribution in [0.5, 0.6) is 0 Å².